The predicted octanol–water partition coefficient (Wildman–Crippen LogP) is 1.12. The van der Waals surface area contributed by atoms with E-state index in [1.54, 1.807) is 20.0 Å². The zero-order valence-electron chi connectivity index (χ0n) is 10.8. The van der Waals surface area contributed by atoms with Gasteiger partial charge in [-0.15, -0.1) is 0 Å². The number of hydrogen-bond acceptors (Lipinski definition) is 4. The molecule has 0 aliphatic carbocycles. The van der Waals surface area contributed by atoms with E-state index in [0.29, 0.717) is 13.2 Å². The summed E-state index contributed by atoms with van der Waals surface area (Å²) >= 11 is 0. The van der Waals surface area contributed by atoms with Crippen molar-refractivity contribution in [3.05, 3.63) is 18.2 Å². The Morgan fingerprint density at radius 1 is 1.59 bits per heavy atom. The zero-order chi connectivity index (χ0) is 12.9. The number of nitrogens with two attached hydrogens (primary N) is 1. The number of carbonyl (C=O) groups excluding carboxylic acids is 1. The number of aryl methyl sites for hydroxylation is 1. The first-order chi connectivity index (χ1) is 8.01. The molecular weight excluding hydrogens is 218 g/mol. The van der Waals surface area contributed by atoms with Gasteiger partial charge in [-0.2, -0.15) is 0 Å². The molecule has 1 heterocycles. The highest BCUT2D eigenvalue weighted by Crippen LogP contribution is 2.10. The number of rotatable bonds is 6. The van der Waals surface area contributed by atoms with E-state index in [1.807, 2.05) is 10.8 Å². The van der Waals surface area contributed by atoms with Gasteiger partial charge < -0.3 is 15.0 Å². The first kappa shape index (κ1) is 13.7. The molecule has 5 nitrogen and oxygen atoms in total. The third-order valence-electron chi connectivity index (χ3n) is 2.52. The minimum atomic E-state index is -1.01. The number of nitrogens with zero attached hydrogens (tertiary/aromatic N) is 2. The van der Waals surface area contributed by atoms with E-state index in [2.05, 4.69) is 11.9 Å². The minimum Gasteiger partial charge on any atom is -0.465 e. The number of hydrogen-bond donors (Lipinski definition) is 1. The monoisotopic (exact) mass is 239 g/mol. The summed E-state index contributed by atoms with van der Waals surface area (Å²) in [5.41, 5.74) is 4.96. The van der Waals surface area contributed by atoms with Crippen molar-refractivity contribution >= 4 is 5.97 Å². The molecule has 1 rings (SSSR count). The molecule has 0 aliphatic heterocycles. The van der Waals surface area contributed by atoms with Crippen LogP contribution in [0.25, 0.3) is 0 Å². The Balaban J connectivity index is 2.75. The highest BCUT2D eigenvalue weighted by atomic mass is 16.5. The van der Waals surface area contributed by atoms with Crippen LogP contribution >= 0.6 is 0 Å². The Bertz CT molecular complexity index is 372. The summed E-state index contributed by atoms with van der Waals surface area (Å²) in [7, 11) is 0. The van der Waals surface area contributed by atoms with Crippen LogP contribution in [-0.2, 0) is 22.5 Å². The van der Waals surface area contributed by atoms with E-state index in [4.69, 9.17) is 10.5 Å². The normalized spacial score (nSPS) is 14.4. The predicted molar refractivity (Wildman–Crippen MR) is 65.4 cm³/mol. The summed E-state index contributed by atoms with van der Waals surface area (Å²) < 4.78 is 6.87. The minimum absolute atomic E-state index is 0.345. The molecule has 96 valence electrons. The second kappa shape index (κ2) is 5.82. The average molecular weight is 239 g/mol. The van der Waals surface area contributed by atoms with Gasteiger partial charge in [0.05, 0.1) is 13.2 Å². The van der Waals surface area contributed by atoms with Crippen molar-refractivity contribution < 1.29 is 9.53 Å². The Morgan fingerprint density at radius 3 is 2.88 bits per heavy atom. The van der Waals surface area contributed by atoms with E-state index >= 15 is 0 Å². The van der Waals surface area contributed by atoms with Crippen LogP contribution in [0.3, 0.4) is 0 Å². The Hall–Kier alpha value is -1.36. The second-order valence-electron chi connectivity index (χ2n) is 4.36. The van der Waals surface area contributed by atoms with E-state index in [-0.39, 0.29) is 5.97 Å². The Morgan fingerprint density at radius 2 is 2.29 bits per heavy atom. The van der Waals surface area contributed by atoms with E-state index in [0.717, 1.165) is 18.7 Å². The van der Waals surface area contributed by atoms with Crippen molar-refractivity contribution in [2.75, 3.05) is 6.61 Å². The van der Waals surface area contributed by atoms with Gasteiger partial charge in [0.2, 0.25) is 0 Å². The Kier molecular flexibility index (Phi) is 4.69. The van der Waals surface area contributed by atoms with Crippen LogP contribution in [-0.4, -0.2) is 27.7 Å². The standard InChI is InChI=1S/C12H21N3O2/c1-4-6-10-14-7-8-15(10)9-12(3,13)11(16)17-5-2/h7-8H,4-6,9,13H2,1-3H3. The molecule has 1 aromatic rings. The maximum absolute atomic E-state index is 11.7. The smallest absolute Gasteiger partial charge is 0.327 e. The summed E-state index contributed by atoms with van der Waals surface area (Å²) in [6.45, 7) is 6.28. The van der Waals surface area contributed by atoms with Gasteiger partial charge in [0.25, 0.3) is 0 Å². The van der Waals surface area contributed by atoms with Gasteiger partial charge in [0.1, 0.15) is 11.4 Å². The molecule has 0 aromatic carbocycles. The quantitative estimate of drug-likeness (QED) is 0.755. The van der Waals surface area contributed by atoms with Crippen LogP contribution in [0.1, 0.15) is 33.0 Å². The molecule has 0 bridgehead atoms. The van der Waals surface area contributed by atoms with Crippen LogP contribution in [0, 0.1) is 0 Å². The lowest BCUT2D eigenvalue weighted by molar-refractivity contribution is -0.149. The first-order valence-corrected chi connectivity index (χ1v) is 5.97. The zero-order valence-corrected chi connectivity index (χ0v) is 10.8. The van der Waals surface area contributed by atoms with E-state index in [9.17, 15) is 4.79 Å². The number of imidazole rings is 1. The maximum atomic E-state index is 11.7. The molecule has 1 unspecified atom stereocenters. The van der Waals surface area contributed by atoms with Crippen LogP contribution in [0.4, 0.5) is 0 Å². The van der Waals surface area contributed by atoms with Gasteiger partial charge in [0.15, 0.2) is 0 Å². The van der Waals surface area contributed by atoms with Crippen LogP contribution in [0.5, 0.6) is 0 Å². The van der Waals surface area contributed by atoms with Gasteiger partial charge in [-0.05, 0) is 20.3 Å². The van der Waals surface area contributed by atoms with Crippen molar-refractivity contribution in [3.63, 3.8) is 0 Å². The summed E-state index contributed by atoms with van der Waals surface area (Å²) in [6.07, 6.45) is 5.46. The van der Waals surface area contributed by atoms with Crippen molar-refractivity contribution in [2.45, 2.75) is 45.7 Å². The molecule has 0 aliphatic rings. The molecule has 0 spiro atoms. The summed E-state index contributed by atoms with van der Waals surface area (Å²) in [5, 5.41) is 0. The summed E-state index contributed by atoms with van der Waals surface area (Å²) in [6, 6.07) is 0. The first-order valence-electron chi connectivity index (χ1n) is 5.97. The highest BCUT2D eigenvalue weighted by molar-refractivity contribution is 5.79. The Labute approximate surface area is 102 Å². The molecule has 0 radical (unpaired) electrons. The molecular formula is C12H21N3O2. The lowest BCUT2D eigenvalue weighted by atomic mass is 10.0. The number of esters is 1. The van der Waals surface area contributed by atoms with Gasteiger partial charge in [-0.25, -0.2) is 9.78 Å². The fourth-order valence-corrected chi connectivity index (χ4v) is 1.65. The average Bonchev–Trinajstić information content (AvgIpc) is 2.66. The van der Waals surface area contributed by atoms with E-state index < -0.39 is 5.54 Å². The van der Waals surface area contributed by atoms with E-state index in [1.165, 1.54) is 0 Å². The summed E-state index contributed by atoms with van der Waals surface area (Å²) in [4.78, 5) is 15.9. The van der Waals surface area contributed by atoms with Crippen molar-refractivity contribution in [1.82, 2.24) is 9.55 Å². The molecule has 1 atom stereocenters. The lowest BCUT2D eigenvalue weighted by Crippen LogP contribution is -2.49. The topological polar surface area (TPSA) is 70.1 Å². The SMILES string of the molecule is CCCc1nccn1CC(C)(N)C(=O)OCC. The number of ether oxygens (including phenoxy) is 1. The fraction of sp³-hybridized carbons (Fsp3) is 0.667. The van der Waals surface area contributed by atoms with Gasteiger partial charge in [-0.3, -0.25) is 0 Å². The molecule has 0 amide bonds. The van der Waals surface area contributed by atoms with Gasteiger partial charge in [0, 0.05) is 18.8 Å². The molecule has 17 heavy (non-hydrogen) atoms. The fourth-order valence-electron chi connectivity index (χ4n) is 1.65. The summed E-state index contributed by atoms with van der Waals surface area (Å²) in [5.74, 6) is 0.574. The maximum Gasteiger partial charge on any atom is 0.327 e. The largest absolute Gasteiger partial charge is 0.465 e. The van der Waals surface area contributed by atoms with Gasteiger partial charge in [-0.1, -0.05) is 6.92 Å². The van der Waals surface area contributed by atoms with Gasteiger partial charge >= 0.3 is 5.97 Å². The van der Waals surface area contributed by atoms with Crippen LogP contribution in [0.15, 0.2) is 12.4 Å². The van der Waals surface area contributed by atoms with Crippen molar-refractivity contribution in [1.29, 1.82) is 0 Å². The van der Waals surface area contributed by atoms with Crippen LogP contribution in [0.2, 0.25) is 0 Å². The van der Waals surface area contributed by atoms with Crippen molar-refractivity contribution in [3.8, 4) is 0 Å². The molecule has 0 saturated carbocycles. The molecule has 1 aromatic heterocycles. The highest BCUT2D eigenvalue weighted by Gasteiger charge is 2.30. The second-order valence-corrected chi connectivity index (χ2v) is 4.36. The van der Waals surface area contributed by atoms with Crippen molar-refractivity contribution in [2.24, 2.45) is 5.73 Å². The number of aromatic nitrogens is 2. The lowest BCUT2D eigenvalue weighted by Gasteiger charge is -2.23. The third-order valence-corrected chi connectivity index (χ3v) is 2.52. The molecule has 5 heteroatoms. The van der Waals surface area contributed by atoms with Crippen LogP contribution < -0.4 is 5.73 Å². The third kappa shape index (κ3) is 3.56. The molecule has 0 saturated heterocycles. The number of carbonyl (C=O) groups is 1. The molecule has 0 fully saturated rings. The molecule has 2 N–H and O–H groups in total.